The fourth-order valence-corrected chi connectivity index (χ4v) is 3.50. The van der Waals surface area contributed by atoms with Crippen LogP contribution in [0.3, 0.4) is 0 Å². The SMILES string of the molecule is CN=C(NCCCc1ccccc1)NCC(c1cccs1)N(C)C.I. The van der Waals surface area contributed by atoms with Gasteiger partial charge in [-0.2, -0.15) is 0 Å². The summed E-state index contributed by atoms with van der Waals surface area (Å²) in [6.07, 6.45) is 2.17. The third-order valence-electron chi connectivity index (χ3n) is 3.96. The van der Waals surface area contributed by atoms with Crippen molar-refractivity contribution in [3.63, 3.8) is 0 Å². The molecule has 0 bridgehead atoms. The number of guanidine groups is 1. The van der Waals surface area contributed by atoms with Crippen LogP contribution in [0, 0.1) is 0 Å². The van der Waals surface area contributed by atoms with Gasteiger partial charge in [-0.25, -0.2) is 0 Å². The molecule has 1 aromatic carbocycles. The molecule has 1 heterocycles. The van der Waals surface area contributed by atoms with E-state index in [1.54, 1.807) is 11.3 Å². The van der Waals surface area contributed by atoms with Crippen LogP contribution in [0.4, 0.5) is 0 Å². The van der Waals surface area contributed by atoms with Crippen molar-refractivity contribution in [2.24, 2.45) is 4.99 Å². The quantitative estimate of drug-likeness (QED) is 0.266. The van der Waals surface area contributed by atoms with Gasteiger partial charge in [-0.1, -0.05) is 36.4 Å². The Balaban J connectivity index is 0.00000312. The Bertz CT molecular complexity index is 599. The van der Waals surface area contributed by atoms with Gasteiger partial charge in [0.15, 0.2) is 5.96 Å². The second kappa shape index (κ2) is 12.3. The Labute approximate surface area is 172 Å². The van der Waals surface area contributed by atoms with E-state index in [4.69, 9.17) is 0 Å². The minimum absolute atomic E-state index is 0. The third-order valence-corrected chi connectivity index (χ3v) is 4.93. The Hall–Kier alpha value is -1.12. The molecule has 0 saturated heterocycles. The number of rotatable bonds is 8. The third kappa shape index (κ3) is 7.75. The second-order valence-corrected chi connectivity index (χ2v) is 6.94. The van der Waals surface area contributed by atoms with Crippen LogP contribution >= 0.6 is 35.3 Å². The van der Waals surface area contributed by atoms with E-state index in [1.807, 2.05) is 7.05 Å². The Kier molecular flexibility index (Phi) is 10.8. The summed E-state index contributed by atoms with van der Waals surface area (Å²) in [6.45, 7) is 1.76. The van der Waals surface area contributed by atoms with Gasteiger partial charge < -0.3 is 15.5 Å². The van der Waals surface area contributed by atoms with Gasteiger partial charge >= 0.3 is 0 Å². The number of hydrogen-bond donors (Lipinski definition) is 2. The number of halogens is 1. The first-order valence-electron chi connectivity index (χ1n) is 8.39. The van der Waals surface area contributed by atoms with Crippen molar-refractivity contribution in [3.8, 4) is 0 Å². The molecular formula is C19H29IN4S. The monoisotopic (exact) mass is 472 g/mol. The standard InChI is InChI=1S/C19H28N4S.HI/c1-20-19(21-13-7-11-16-9-5-4-6-10-16)22-15-17(23(2)3)18-12-8-14-24-18;/h4-6,8-10,12,14,17H,7,11,13,15H2,1-3H3,(H2,20,21,22);1H. The summed E-state index contributed by atoms with van der Waals surface area (Å²) >= 11 is 1.80. The predicted octanol–water partition coefficient (Wildman–Crippen LogP) is 3.77. The molecule has 0 fully saturated rings. The fourth-order valence-electron chi connectivity index (χ4n) is 2.58. The summed E-state index contributed by atoms with van der Waals surface area (Å²) in [4.78, 5) is 7.93. The zero-order valence-electron chi connectivity index (χ0n) is 15.2. The van der Waals surface area contributed by atoms with Gasteiger partial charge in [-0.3, -0.25) is 4.99 Å². The number of aryl methyl sites for hydroxylation is 1. The van der Waals surface area contributed by atoms with E-state index in [1.165, 1.54) is 10.4 Å². The van der Waals surface area contributed by atoms with E-state index in [0.717, 1.165) is 31.9 Å². The van der Waals surface area contributed by atoms with Crippen LogP contribution in [0.2, 0.25) is 0 Å². The molecule has 2 aromatic rings. The summed E-state index contributed by atoms with van der Waals surface area (Å²) < 4.78 is 0. The number of benzene rings is 1. The first-order valence-corrected chi connectivity index (χ1v) is 9.27. The summed E-state index contributed by atoms with van der Waals surface area (Å²) in [7, 11) is 6.05. The summed E-state index contributed by atoms with van der Waals surface area (Å²) in [5.74, 6) is 0.867. The molecular weight excluding hydrogens is 443 g/mol. The van der Waals surface area contributed by atoms with E-state index in [2.05, 4.69) is 82.5 Å². The Morgan fingerprint density at radius 3 is 2.48 bits per heavy atom. The molecule has 0 spiro atoms. The van der Waals surface area contributed by atoms with Crippen LogP contribution in [0.1, 0.15) is 22.9 Å². The molecule has 0 aliphatic heterocycles. The lowest BCUT2D eigenvalue weighted by Crippen LogP contribution is -2.42. The van der Waals surface area contributed by atoms with Crippen molar-refractivity contribution < 1.29 is 0 Å². The maximum absolute atomic E-state index is 4.32. The maximum atomic E-state index is 4.32. The molecule has 0 saturated carbocycles. The van der Waals surface area contributed by atoms with Gasteiger partial charge in [0, 0.05) is 25.0 Å². The highest BCUT2D eigenvalue weighted by Gasteiger charge is 2.15. The van der Waals surface area contributed by atoms with Crippen molar-refractivity contribution in [1.29, 1.82) is 0 Å². The molecule has 1 aromatic heterocycles. The molecule has 4 nitrogen and oxygen atoms in total. The van der Waals surface area contributed by atoms with Crippen molar-refractivity contribution in [3.05, 3.63) is 58.3 Å². The van der Waals surface area contributed by atoms with Crippen LogP contribution < -0.4 is 10.6 Å². The van der Waals surface area contributed by atoms with E-state index in [0.29, 0.717) is 6.04 Å². The molecule has 25 heavy (non-hydrogen) atoms. The van der Waals surface area contributed by atoms with Crippen LogP contribution in [0.25, 0.3) is 0 Å². The zero-order chi connectivity index (χ0) is 17.2. The number of hydrogen-bond acceptors (Lipinski definition) is 3. The normalized spacial score (nSPS) is 12.6. The van der Waals surface area contributed by atoms with E-state index in [-0.39, 0.29) is 24.0 Å². The number of nitrogens with one attached hydrogen (secondary N) is 2. The van der Waals surface area contributed by atoms with Crippen LogP contribution in [-0.4, -0.2) is 45.1 Å². The van der Waals surface area contributed by atoms with Gasteiger partial charge in [0.25, 0.3) is 0 Å². The summed E-state index contributed by atoms with van der Waals surface area (Å²) in [6, 6.07) is 15.2. The first-order chi connectivity index (χ1) is 11.7. The maximum Gasteiger partial charge on any atom is 0.191 e. The molecule has 138 valence electrons. The van der Waals surface area contributed by atoms with Crippen molar-refractivity contribution in [2.45, 2.75) is 18.9 Å². The van der Waals surface area contributed by atoms with Gasteiger partial charge in [0.1, 0.15) is 0 Å². The van der Waals surface area contributed by atoms with Gasteiger partial charge in [0.2, 0.25) is 0 Å². The average Bonchev–Trinajstić information content (AvgIpc) is 3.12. The van der Waals surface area contributed by atoms with Gasteiger partial charge in [0.05, 0.1) is 6.04 Å². The summed E-state index contributed by atoms with van der Waals surface area (Å²) in [5, 5.41) is 8.97. The highest BCUT2D eigenvalue weighted by Crippen LogP contribution is 2.22. The minimum Gasteiger partial charge on any atom is -0.356 e. The summed E-state index contributed by atoms with van der Waals surface area (Å²) in [5.41, 5.74) is 1.38. The molecule has 1 unspecified atom stereocenters. The lowest BCUT2D eigenvalue weighted by molar-refractivity contribution is 0.302. The molecule has 0 aliphatic carbocycles. The largest absolute Gasteiger partial charge is 0.356 e. The van der Waals surface area contributed by atoms with E-state index in [9.17, 15) is 0 Å². The van der Waals surface area contributed by atoms with Gasteiger partial charge in [-0.15, -0.1) is 35.3 Å². The predicted molar refractivity (Wildman–Crippen MR) is 120 cm³/mol. The molecule has 0 aliphatic rings. The van der Waals surface area contributed by atoms with Gasteiger partial charge in [-0.05, 0) is 43.9 Å². The molecule has 1 atom stereocenters. The van der Waals surface area contributed by atoms with Crippen LogP contribution in [0.15, 0.2) is 52.8 Å². The molecule has 6 heteroatoms. The lowest BCUT2D eigenvalue weighted by atomic mass is 10.1. The minimum atomic E-state index is 0. The Morgan fingerprint density at radius 1 is 1.12 bits per heavy atom. The number of nitrogens with zero attached hydrogens (tertiary/aromatic N) is 2. The van der Waals surface area contributed by atoms with E-state index >= 15 is 0 Å². The molecule has 0 amide bonds. The average molecular weight is 472 g/mol. The second-order valence-electron chi connectivity index (χ2n) is 5.96. The number of likely N-dealkylation sites (N-methyl/N-ethyl adjacent to an activating group) is 1. The van der Waals surface area contributed by atoms with Crippen molar-refractivity contribution in [1.82, 2.24) is 15.5 Å². The van der Waals surface area contributed by atoms with E-state index < -0.39 is 0 Å². The highest BCUT2D eigenvalue weighted by molar-refractivity contribution is 14.0. The fraction of sp³-hybridized carbons (Fsp3) is 0.421. The van der Waals surface area contributed by atoms with Crippen LogP contribution in [0.5, 0.6) is 0 Å². The molecule has 2 rings (SSSR count). The van der Waals surface area contributed by atoms with Crippen molar-refractivity contribution in [2.75, 3.05) is 34.2 Å². The smallest absolute Gasteiger partial charge is 0.191 e. The molecule has 0 radical (unpaired) electrons. The first kappa shape index (κ1) is 21.9. The Morgan fingerprint density at radius 2 is 1.88 bits per heavy atom. The number of thiophene rings is 1. The van der Waals surface area contributed by atoms with Crippen LogP contribution in [-0.2, 0) is 6.42 Å². The highest BCUT2D eigenvalue weighted by atomic mass is 127. The van der Waals surface area contributed by atoms with Crippen molar-refractivity contribution >= 4 is 41.3 Å². The zero-order valence-corrected chi connectivity index (χ0v) is 18.4. The topological polar surface area (TPSA) is 39.7 Å². The molecule has 2 N–H and O–H groups in total. The lowest BCUT2D eigenvalue weighted by Gasteiger charge is -2.24. The number of aliphatic imine (C=N–C) groups is 1.